The van der Waals surface area contributed by atoms with Gasteiger partial charge in [-0.3, -0.25) is 4.79 Å². The maximum atomic E-state index is 12.3. The van der Waals surface area contributed by atoms with Crippen LogP contribution < -0.4 is 0 Å². The van der Waals surface area contributed by atoms with Gasteiger partial charge in [0.2, 0.25) is 15.9 Å². The van der Waals surface area contributed by atoms with Crippen molar-refractivity contribution in [1.82, 2.24) is 9.21 Å². The molecular weight excluding hydrogens is 312 g/mol. The lowest BCUT2D eigenvalue weighted by molar-refractivity contribution is -0.130. The van der Waals surface area contributed by atoms with Gasteiger partial charge in [-0.2, -0.15) is 4.31 Å². The minimum Gasteiger partial charge on any atom is -0.344 e. The Morgan fingerprint density at radius 3 is 2.19 bits per heavy atom. The smallest absolute Gasteiger partial charge is 0.243 e. The Hall–Kier alpha value is -1.11. The molecule has 1 rings (SSSR count). The number of carbonyl (C=O) groups is 1. The molecule has 0 bridgehead atoms. The van der Waals surface area contributed by atoms with Crippen LogP contribution in [0.2, 0.25) is 5.02 Å². The Labute approximate surface area is 131 Å². The summed E-state index contributed by atoms with van der Waals surface area (Å²) >= 11 is 5.75. The third-order valence-electron chi connectivity index (χ3n) is 2.94. The second-order valence-corrected chi connectivity index (χ2v) is 7.86. The molecule has 1 amide bonds. The molecule has 0 radical (unpaired) electrons. The highest BCUT2D eigenvalue weighted by Crippen LogP contribution is 2.17. The van der Waals surface area contributed by atoms with E-state index in [-0.39, 0.29) is 17.3 Å². The molecule has 0 N–H and O–H groups in total. The molecule has 0 saturated carbocycles. The summed E-state index contributed by atoms with van der Waals surface area (Å²) in [6.07, 6.45) is 0. The predicted molar refractivity (Wildman–Crippen MR) is 83.7 cm³/mol. The zero-order valence-electron chi connectivity index (χ0n) is 12.7. The van der Waals surface area contributed by atoms with Gasteiger partial charge in [-0.15, -0.1) is 0 Å². The first-order chi connectivity index (χ1) is 9.64. The standard InChI is InChI=1S/C14H21ClN2O3S/c1-11(2)9-16(3)14(18)10-17(4)21(19,20)13-7-5-12(15)6-8-13/h5-8,11H,9-10H2,1-4H3. The van der Waals surface area contributed by atoms with Crippen LogP contribution in [0.4, 0.5) is 0 Å². The van der Waals surface area contributed by atoms with Gasteiger partial charge in [-0.25, -0.2) is 8.42 Å². The van der Waals surface area contributed by atoms with E-state index >= 15 is 0 Å². The second-order valence-electron chi connectivity index (χ2n) is 5.38. The van der Waals surface area contributed by atoms with Gasteiger partial charge in [-0.1, -0.05) is 25.4 Å². The van der Waals surface area contributed by atoms with Gasteiger partial charge in [0.15, 0.2) is 0 Å². The second kappa shape index (κ2) is 7.24. The molecule has 0 unspecified atom stereocenters. The minimum atomic E-state index is -3.69. The van der Waals surface area contributed by atoms with Crippen LogP contribution >= 0.6 is 11.6 Å². The van der Waals surface area contributed by atoms with Crippen molar-refractivity contribution in [3.8, 4) is 0 Å². The quantitative estimate of drug-likeness (QED) is 0.801. The number of sulfonamides is 1. The van der Waals surface area contributed by atoms with E-state index in [1.165, 1.54) is 31.3 Å². The van der Waals surface area contributed by atoms with Crippen molar-refractivity contribution in [2.45, 2.75) is 18.7 Å². The third kappa shape index (κ3) is 4.98. The number of hydrogen-bond acceptors (Lipinski definition) is 3. The average molecular weight is 333 g/mol. The molecule has 0 spiro atoms. The van der Waals surface area contributed by atoms with E-state index in [0.29, 0.717) is 17.5 Å². The molecule has 0 aromatic heterocycles. The number of rotatable bonds is 6. The molecule has 1 aromatic rings. The van der Waals surface area contributed by atoms with E-state index < -0.39 is 10.0 Å². The molecular formula is C14H21ClN2O3S. The fourth-order valence-electron chi connectivity index (χ4n) is 1.83. The summed E-state index contributed by atoms with van der Waals surface area (Å²) in [5.74, 6) is 0.0980. The monoisotopic (exact) mass is 332 g/mol. The highest BCUT2D eigenvalue weighted by molar-refractivity contribution is 7.89. The minimum absolute atomic E-state index is 0.119. The van der Waals surface area contributed by atoms with Gasteiger partial charge in [0.1, 0.15) is 0 Å². The Morgan fingerprint density at radius 1 is 1.19 bits per heavy atom. The highest BCUT2D eigenvalue weighted by atomic mass is 35.5. The Morgan fingerprint density at radius 2 is 1.71 bits per heavy atom. The van der Waals surface area contributed by atoms with E-state index in [1.807, 2.05) is 13.8 Å². The first-order valence-electron chi connectivity index (χ1n) is 6.60. The molecule has 5 nitrogen and oxygen atoms in total. The van der Waals surface area contributed by atoms with Crippen molar-refractivity contribution in [3.05, 3.63) is 29.3 Å². The number of likely N-dealkylation sites (N-methyl/N-ethyl adjacent to an activating group) is 2. The number of benzene rings is 1. The molecule has 1 aromatic carbocycles. The summed E-state index contributed by atoms with van der Waals surface area (Å²) < 4.78 is 25.7. The van der Waals surface area contributed by atoms with Crippen molar-refractivity contribution < 1.29 is 13.2 Å². The largest absolute Gasteiger partial charge is 0.344 e. The average Bonchev–Trinajstić information content (AvgIpc) is 2.38. The summed E-state index contributed by atoms with van der Waals surface area (Å²) in [5.41, 5.74) is 0. The van der Waals surface area contributed by atoms with Crippen molar-refractivity contribution >= 4 is 27.5 Å². The van der Waals surface area contributed by atoms with Crippen LogP contribution in [0, 0.1) is 5.92 Å². The van der Waals surface area contributed by atoms with Gasteiger partial charge in [-0.05, 0) is 30.2 Å². The van der Waals surface area contributed by atoms with Crippen LogP contribution in [0.25, 0.3) is 0 Å². The molecule has 0 atom stereocenters. The first-order valence-corrected chi connectivity index (χ1v) is 8.42. The van der Waals surface area contributed by atoms with Crippen LogP contribution in [0.3, 0.4) is 0 Å². The lowest BCUT2D eigenvalue weighted by Crippen LogP contribution is -2.40. The normalized spacial score (nSPS) is 12.0. The van der Waals surface area contributed by atoms with E-state index in [0.717, 1.165) is 4.31 Å². The zero-order valence-corrected chi connectivity index (χ0v) is 14.3. The third-order valence-corrected chi connectivity index (χ3v) is 5.01. The molecule has 0 aliphatic carbocycles. The number of nitrogens with zero attached hydrogens (tertiary/aromatic N) is 2. The maximum Gasteiger partial charge on any atom is 0.243 e. The van der Waals surface area contributed by atoms with Crippen LogP contribution in [0.1, 0.15) is 13.8 Å². The summed E-state index contributed by atoms with van der Waals surface area (Å²) in [5, 5.41) is 0.462. The van der Waals surface area contributed by atoms with Crippen molar-refractivity contribution in [1.29, 1.82) is 0 Å². The van der Waals surface area contributed by atoms with Gasteiger partial charge in [0.25, 0.3) is 0 Å². The zero-order chi connectivity index (χ0) is 16.2. The lowest BCUT2D eigenvalue weighted by atomic mass is 10.2. The van der Waals surface area contributed by atoms with Crippen LogP contribution in [-0.4, -0.2) is 50.7 Å². The predicted octanol–water partition coefficient (Wildman–Crippen LogP) is 2.07. The number of amides is 1. The van der Waals surface area contributed by atoms with E-state index in [1.54, 1.807) is 11.9 Å². The number of carbonyl (C=O) groups excluding carboxylic acids is 1. The Balaban J connectivity index is 2.80. The molecule has 21 heavy (non-hydrogen) atoms. The van der Waals surface area contributed by atoms with Gasteiger partial charge in [0.05, 0.1) is 11.4 Å². The van der Waals surface area contributed by atoms with Crippen LogP contribution in [-0.2, 0) is 14.8 Å². The van der Waals surface area contributed by atoms with Crippen LogP contribution in [0.15, 0.2) is 29.2 Å². The molecule has 0 heterocycles. The first kappa shape index (κ1) is 17.9. The van der Waals surface area contributed by atoms with Crippen molar-refractivity contribution in [2.24, 2.45) is 5.92 Å². The number of hydrogen-bond donors (Lipinski definition) is 0. The van der Waals surface area contributed by atoms with Crippen molar-refractivity contribution in [3.63, 3.8) is 0 Å². The van der Waals surface area contributed by atoms with E-state index in [9.17, 15) is 13.2 Å². The molecule has 0 aliphatic heterocycles. The number of halogens is 1. The molecule has 118 valence electrons. The maximum absolute atomic E-state index is 12.3. The fraction of sp³-hybridized carbons (Fsp3) is 0.500. The highest BCUT2D eigenvalue weighted by Gasteiger charge is 2.24. The molecule has 7 heteroatoms. The molecule has 0 fully saturated rings. The van der Waals surface area contributed by atoms with E-state index in [4.69, 9.17) is 11.6 Å². The fourth-order valence-corrected chi connectivity index (χ4v) is 3.08. The van der Waals surface area contributed by atoms with Gasteiger partial charge >= 0.3 is 0 Å². The summed E-state index contributed by atoms with van der Waals surface area (Å²) in [6, 6.07) is 5.87. The lowest BCUT2D eigenvalue weighted by Gasteiger charge is -2.23. The van der Waals surface area contributed by atoms with E-state index in [2.05, 4.69) is 0 Å². The Bertz CT molecular complexity index is 585. The molecule has 0 aliphatic rings. The summed E-state index contributed by atoms with van der Waals surface area (Å²) in [6.45, 7) is 4.40. The topological polar surface area (TPSA) is 57.7 Å². The van der Waals surface area contributed by atoms with Crippen molar-refractivity contribution in [2.75, 3.05) is 27.2 Å². The SMILES string of the molecule is CC(C)CN(C)C(=O)CN(C)S(=O)(=O)c1ccc(Cl)cc1. The van der Waals surface area contributed by atoms with Gasteiger partial charge in [0, 0.05) is 25.7 Å². The molecule has 0 saturated heterocycles. The summed E-state index contributed by atoms with van der Waals surface area (Å²) in [4.78, 5) is 13.7. The Kier molecular flexibility index (Phi) is 6.19. The van der Waals surface area contributed by atoms with Crippen LogP contribution in [0.5, 0.6) is 0 Å². The van der Waals surface area contributed by atoms with Gasteiger partial charge < -0.3 is 4.90 Å². The summed E-state index contributed by atoms with van der Waals surface area (Å²) in [7, 11) is -0.620.